The van der Waals surface area contributed by atoms with Crippen LogP contribution in [0.3, 0.4) is 0 Å². The summed E-state index contributed by atoms with van der Waals surface area (Å²) in [5.74, 6) is 0.450. The Labute approximate surface area is 137 Å². The van der Waals surface area contributed by atoms with Crippen molar-refractivity contribution >= 4 is 46.6 Å². The van der Waals surface area contributed by atoms with Crippen molar-refractivity contribution in [1.82, 2.24) is 9.97 Å². The topological polar surface area (TPSA) is 84.1 Å². The van der Waals surface area contributed by atoms with Crippen LogP contribution in [0.15, 0.2) is 30.3 Å². The molecule has 0 aliphatic carbocycles. The number of carbonyl (C=O) groups is 1. The first-order chi connectivity index (χ1) is 10.5. The number of nitrogens with zero attached hydrogens (tertiary/aromatic N) is 3. The highest BCUT2D eigenvalue weighted by molar-refractivity contribution is 6.31. The van der Waals surface area contributed by atoms with Crippen LogP contribution in [0.2, 0.25) is 10.2 Å². The van der Waals surface area contributed by atoms with Gasteiger partial charge in [0.1, 0.15) is 17.0 Å². The molecule has 6 nitrogen and oxygen atoms in total. The largest absolute Gasteiger partial charge is 0.368 e. The van der Waals surface area contributed by atoms with Gasteiger partial charge in [-0.15, -0.1) is 0 Å². The standard InChI is InChI=1S/C14H13Cl2N5O/c15-8-2-1-3-9(6-8)21-5-4-10(13(21)22)18-12-7-11(16)19-14(17)20-12/h1-3,6-7,10H,4-5H2,(H3,17,18,19,20). The van der Waals surface area contributed by atoms with Crippen LogP contribution in [0, 0.1) is 0 Å². The molecule has 8 heteroatoms. The molecule has 1 aliphatic heterocycles. The minimum absolute atomic E-state index is 0.0458. The van der Waals surface area contributed by atoms with E-state index in [1.807, 2.05) is 12.1 Å². The molecule has 3 N–H and O–H groups in total. The van der Waals surface area contributed by atoms with Crippen LogP contribution in [0.25, 0.3) is 0 Å². The number of hydrogen-bond donors (Lipinski definition) is 2. The minimum Gasteiger partial charge on any atom is -0.368 e. The highest BCUT2D eigenvalue weighted by Gasteiger charge is 2.32. The second kappa shape index (κ2) is 5.98. The molecule has 1 aliphatic rings. The Bertz CT molecular complexity index is 704. The smallest absolute Gasteiger partial charge is 0.249 e. The van der Waals surface area contributed by atoms with Crippen LogP contribution in [-0.4, -0.2) is 28.5 Å². The molecule has 1 fully saturated rings. The third kappa shape index (κ3) is 3.08. The van der Waals surface area contributed by atoms with E-state index in [2.05, 4.69) is 15.3 Å². The highest BCUT2D eigenvalue weighted by atomic mass is 35.5. The molecule has 1 saturated heterocycles. The predicted octanol–water partition coefficient (Wildman–Crippen LogP) is 2.58. The Balaban J connectivity index is 1.76. The zero-order valence-electron chi connectivity index (χ0n) is 11.5. The average Bonchev–Trinajstić information content (AvgIpc) is 2.79. The van der Waals surface area contributed by atoms with Gasteiger partial charge in [0.2, 0.25) is 11.9 Å². The van der Waals surface area contributed by atoms with E-state index < -0.39 is 0 Å². The molecule has 0 saturated carbocycles. The molecule has 22 heavy (non-hydrogen) atoms. The van der Waals surface area contributed by atoms with Gasteiger partial charge in [-0.3, -0.25) is 4.79 Å². The van der Waals surface area contributed by atoms with Crippen molar-refractivity contribution in [3.8, 4) is 0 Å². The normalized spacial score (nSPS) is 17.8. The van der Waals surface area contributed by atoms with E-state index in [9.17, 15) is 4.79 Å². The van der Waals surface area contributed by atoms with Crippen molar-refractivity contribution in [2.45, 2.75) is 12.5 Å². The Kier molecular flexibility index (Phi) is 4.04. The van der Waals surface area contributed by atoms with E-state index in [4.69, 9.17) is 28.9 Å². The Morgan fingerprint density at radius 1 is 1.27 bits per heavy atom. The Morgan fingerprint density at radius 3 is 2.82 bits per heavy atom. The molecule has 2 heterocycles. The van der Waals surface area contributed by atoms with E-state index in [-0.39, 0.29) is 23.1 Å². The fraction of sp³-hybridized carbons (Fsp3) is 0.214. The molecule has 1 amide bonds. The first-order valence-electron chi connectivity index (χ1n) is 6.66. The van der Waals surface area contributed by atoms with Crippen molar-refractivity contribution < 1.29 is 4.79 Å². The van der Waals surface area contributed by atoms with Crippen LogP contribution in [-0.2, 0) is 4.79 Å². The maximum absolute atomic E-state index is 12.5. The maximum atomic E-state index is 12.5. The van der Waals surface area contributed by atoms with E-state index in [1.54, 1.807) is 17.0 Å². The van der Waals surface area contributed by atoms with E-state index in [0.29, 0.717) is 23.8 Å². The van der Waals surface area contributed by atoms with Crippen molar-refractivity contribution in [3.05, 3.63) is 40.5 Å². The van der Waals surface area contributed by atoms with Gasteiger partial charge in [-0.05, 0) is 24.6 Å². The van der Waals surface area contributed by atoms with Gasteiger partial charge in [0.25, 0.3) is 0 Å². The van der Waals surface area contributed by atoms with Crippen LogP contribution >= 0.6 is 23.2 Å². The molecule has 114 valence electrons. The van der Waals surface area contributed by atoms with Gasteiger partial charge in [-0.2, -0.15) is 4.98 Å². The maximum Gasteiger partial charge on any atom is 0.249 e. The van der Waals surface area contributed by atoms with Crippen LogP contribution in [0.1, 0.15) is 6.42 Å². The summed E-state index contributed by atoms with van der Waals surface area (Å²) in [6.45, 7) is 0.602. The summed E-state index contributed by atoms with van der Waals surface area (Å²) in [5, 5.41) is 3.87. The third-order valence-corrected chi connectivity index (χ3v) is 3.79. The van der Waals surface area contributed by atoms with Gasteiger partial charge in [0.15, 0.2) is 0 Å². The molecular formula is C14H13Cl2N5O. The van der Waals surface area contributed by atoms with Crippen molar-refractivity contribution in [3.63, 3.8) is 0 Å². The fourth-order valence-corrected chi connectivity index (χ4v) is 2.78. The number of nitrogens with two attached hydrogens (primary N) is 1. The van der Waals surface area contributed by atoms with E-state index >= 15 is 0 Å². The van der Waals surface area contributed by atoms with Crippen molar-refractivity contribution in [2.75, 3.05) is 22.5 Å². The third-order valence-electron chi connectivity index (χ3n) is 3.36. The minimum atomic E-state index is -0.385. The van der Waals surface area contributed by atoms with Crippen LogP contribution in [0.5, 0.6) is 0 Å². The van der Waals surface area contributed by atoms with Gasteiger partial charge < -0.3 is 16.0 Å². The number of anilines is 3. The van der Waals surface area contributed by atoms with Crippen molar-refractivity contribution in [1.29, 1.82) is 0 Å². The molecule has 0 radical (unpaired) electrons. The summed E-state index contributed by atoms with van der Waals surface area (Å²) >= 11 is 11.8. The molecule has 1 aromatic heterocycles. The van der Waals surface area contributed by atoms with Crippen LogP contribution < -0.4 is 16.0 Å². The molecular weight excluding hydrogens is 325 g/mol. The average molecular weight is 338 g/mol. The van der Waals surface area contributed by atoms with Gasteiger partial charge in [0.05, 0.1) is 0 Å². The monoisotopic (exact) mass is 337 g/mol. The van der Waals surface area contributed by atoms with Gasteiger partial charge in [0, 0.05) is 23.3 Å². The molecule has 0 spiro atoms. The van der Waals surface area contributed by atoms with Crippen LogP contribution in [0.4, 0.5) is 17.5 Å². The number of carbonyl (C=O) groups excluding carboxylic acids is 1. The lowest BCUT2D eigenvalue weighted by Gasteiger charge is -2.17. The van der Waals surface area contributed by atoms with E-state index in [0.717, 1.165) is 5.69 Å². The molecule has 1 atom stereocenters. The lowest BCUT2D eigenvalue weighted by molar-refractivity contribution is -0.117. The van der Waals surface area contributed by atoms with Gasteiger partial charge in [-0.25, -0.2) is 4.98 Å². The number of amides is 1. The number of hydrogen-bond acceptors (Lipinski definition) is 5. The number of nitrogen functional groups attached to an aromatic ring is 1. The number of aromatic nitrogens is 2. The zero-order valence-corrected chi connectivity index (χ0v) is 13.0. The fourth-order valence-electron chi connectivity index (χ4n) is 2.40. The highest BCUT2D eigenvalue weighted by Crippen LogP contribution is 2.26. The summed E-state index contributed by atoms with van der Waals surface area (Å²) in [4.78, 5) is 22.0. The number of halogens is 2. The summed E-state index contributed by atoms with van der Waals surface area (Å²) < 4.78 is 0. The van der Waals surface area contributed by atoms with E-state index in [1.165, 1.54) is 6.07 Å². The molecule has 3 rings (SSSR count). The quantitative estimate of drug-likeness (QED) is 0.841. The SMILES string of the molecule is Nc1nc(Cl)cc(NC2CCN(c3cccc(Cl)c3)C2=O)n1. The first kappa shape index (κ1) is 14.9. The molecule has 2 aromatic rings. The zero-order chi connectivity index (χ0) is 15.7. The predicted molar refractivity (Wildman–Crippen MR) is 87.3 cm³/mol. The summed E-state index contributed by atoms with van der Waals surface area (Å²) in [6, 6.07) is 8.36. The van der Waals surface area contributed by atoms with Gasteiger partial charge >= 0.3 is 0 Å². The summed E-state index contributed by atoms with van der Waals surface area (Å²) in [5.41, 5.74) is 6.33. The first-order valence-corrected chi connectivity index (χ1v) is 7.42. The molecule has 1 aromatic carbocycles. The number of benzene rings is 1. The number of nitrogens with one attached hydrogen (secondary N) is 1. The number of rotatable bonds is 3. The summed E-state index contributed by atoms with van der Waals surface area (Å²) in [6.07, 6.45) is 0.646. The lowest BCUT2D eigenvalue weighted by atomic mass is 10.2. The summed E-state index contributed by atoms with van der Waals surface area (Å²) in [7, 11) is 0. The second-order valence-corrected chi connectivity index (χ2v) is 5.71. The molecule has 1 unspecified atom stereocenters. The Hall–Kier alpha value is -2.05. The second-order valence-electron chi connectivity index (χ2n) is 4.89. The van der Waals surface area contributed by atoms with Crippen molar-refractivity contribution in [2.24, 2.45) is 0 Å². The lowest BCUT2D eigenvalue weighted by Crippen LogP contribution is -2.33. The molecule has 0 bridgehead atoms. The Morgan fingerprint density at radius 2 is 2.09 bits per heavy atom. The van der Waals surface area contributed by atoms with Gasteiger partial charge in [-0.1, -0.05) is 29.3 Å².